The highest BCUT2D eigenvalue weighted by Gasteiger charge is 2.26. The molecule has 26 heavy (non-hydrogen) atoms. The van der Waals surface area contributed by atoms with Crippen LogP contribution in [0, 0.1) is 6.92 Å². The van der Waals surface area contributed by atoms with Gasteiger partial charge in [0.1, 0.15) is 6.04 Å². The van der Waals surface area contributed by atoms with Crippen molar-refractivity contribution < 1.29 is 9.59 Å². The van der Waals surface area contributed by atoms with E-state index in [1.54, 1.807) is 17.9 Å². The second-order valence-corrected chi connectivity index (χ2v) is 6.75. The number of carbonyl (C=O) groups is 2. The van der Waals surface area contributed by atoms with Crippen molar-refractivity contribution in [3.63, 3.8) is 0 Å². The number of hydrogen-bond acceptors (Lipinski definition) is 2. The Bertz CT molecular complexity index is 759. The van der Waals surface area contributed by atoms with Crippen molar-refractivity contribution in [1.82, 2.24) is 10.2 Å². The van der Waals surface area contributed by atoms with Crippen LogP contribution in [0.4, 0.5) is 0 Å². The van der Waals surface area contributed by atoms with Gasteiger partial charge in [0.15, 0.2) is 0 Å². The van der Waals surface area contributed by atoms with Gasteiger partial charge in [0.25, 0.3) is 0 Å². The van der Waals surface area contributed by atoms with E-state index in [-0.39, 0.29) is 18.2 Å². The molecule has 5 heteroatoms. The van der Waals surface area contributed by atoms with Crippen LogP contribution in [0.25, 0.3) is 0 Å². The molecule has 0 saturated heterocycles. The molecular weight excluding hydrogens is 348 g/mol. The minimum atomic E-state index is -0.564. The minimum Gasteiger partial charge on any atom is -0.355 e. The number of rotatable bonds is 7. The lowest BCUT2D eigenvalue weighted by Gasteiger charge is -2.29. The molecule has 0 saturated carbocycles. The second-order valence-electron chi connectivity index (χ2n) is 6.35. The van der Waals surface area contributed by atoms with Gasteiger partial charge in [-0.1, -0.05) is 59.6 Å². The van der Waals surface area contributed by atoms with Crippen molar-refractivity contribution in [2.75, 3.05) is 6.54 Å². The molecule has 0 aliphatic carbocycles. The predicted octanol–water partition coefficient (Wildman–Crippen LogP) is 3.74. The minimum absolute atomic E-state index is 0.127. The van der Waals surface area contributed by atoms with Crippen LogP contribution in [0.15, 0.2) is 48.5 Å². The molecule has 0 bridgehead atoms. The van der Waals surface area contributed by atoms with Gasteiger partial charge in [-0.05, 0) is 38.0 Å². The van der Waals surface area contributed by atoms with Crippen LogP contribution in [0.3, 0.4) is 0 Å². The maximum absolute atomic E-state index is 13.0. The number of halogens is 1. The van der Waals surface area contributed by atoms with E-state index in [1.807, 2.05) is 56.3 Å². The van der Waals surface area contributed by atoms with Crippen molar-refractivity contribution >= 4 is 23.4 Å². The fourth-order valence-electron chi connectivity index (χ4n) is 2.70. The normalized spacial score (nSPS) is 11.7. The zero-order valence-corrected chi connectivity index (χ0v) is 16.2. The van der Waals surface area contributed by atoms with Gasteiger partial charge in [0.05, 0.1) is 6.42 Å². The number of nitrogens with one attached hydrogen (secondary N) is 1. The van der Waals surface area contributed by atoms with Crippen molar-refractivity contribution in [1.29, 1.82) is 0 Å². The summed E-state index contributed by atoms with van der Waals surface area (Å²) >= 11 is 6.19. The number of nitrogens with zero attached hydrogens (tertiary/aromatic N) is 1. The number of benzene rings is 2. The average molecular weight is 373 g/mol. The predicted molar refractivity (Wildman–Crippen MR) is 105 cm³/mol. The summed E-state index contributed by atoms with van der Waals surface area (Å²) in [7, 11) is 0. The number of carbonyl (C=O) groups excluding carboxylic acids is 2. The Morgan fingerprint density at radius 2 is 1.77 bits per heavy atom. The summed E-state index contributed by atoms with van der Waals surface area (Å²) in [5.74, 6) is -0.287. The molecular formula is C21H25ClN2O2. The van der Waals surface area contributed by atoms with E-state index in [0.29, 0.717) is 18.1 Å². The molecule has 4 nitrogen and oxygen atoms in total. The largest absolute Gasteiger partial charge is 0.355 e. The molecule has 0 aromatic heterocycles. The van der Waals surface area contributed by atoms with E-state index >= 15 is 0 Å². The molecule has 0 heterocycles. The average Bonchev–Trinajstić information content (AvgIpc) is 2.62. The molecule has 0 aliphatic heterocycles. The van der Waals surface area contributed by atoms with E-state index in [4.69, 9.17) is 11.6 Å². The van der Waals surface area contributed by atoms with Crippen molar-refractivity contribution in [3.8, 4) is 0 Å². The first-order chi connectivity index (χ1) is 12.4. The van der Waals surface area contributed by atoms with Gasteiger partial charge in [0.2, 0.25) is 11.8 Å². The van der Waals surface area contributed by atoms with Gasteiger partial charge in [-0.2, -0.15) is 0 Å². The van der Waals surface area contributed by atoms with E-state index in [2.05, 4.69) is 5.32 Å². The molecule has 1 atom stereocenters. The zero-order chi connectivity index (χ0) is 19.1. The topological polar surface area (TPSA) is 49.4 Å². The number of amides is 2. The van der Waals surface area contributed by atoms with Gasteiger partial charge >= 0.3 is 0 Å². The maximum atomic E-state index is 13.0. The third-order valence-corrected chi connectivity index (χ3v) is 4.66. The molecule has 138 valence electrons. The molecule has 0 unspecified atom stereocenters. The van der Waals surface area contributed by atoms with E-state index in [9.17, 15) is 9.59 Å². The van der Waals surface area contributed by atoms with Gasteiger partial charge in [-0.3, -0.25) is 9.59 Å². The second kappa shape index (κ2) is 9.39. The monoisotopic (exact) mass is 372 g/mol. The Kier molecular flexibility index (Phi) is 7.22. The lowest BCUT2D eigenvalue weighted by molar-refractivity contribution is -0.140. The molecule has 0 radical (unpaired) electrons. The van der Waals surface area contributed by atoms with Crippen molar-refractivity contribution in [2.24, 2.45) is 0 Å². The number of aryl methyl sites for hydroxylation is 1. The molecule has 2 aromatic carbocycles. The summed E-state index contributed by atoms with van der Waals surface area (Å²) < 4.78 is 0. The van der Waals surface area contributed by atoms with Crippen LogP contribution in [0.5, 0.6) is 0 Å². The smallest absolute Gasteiger partial charge is 0.242 e. The van der Waals surface area contributed by atoms with Gasteiger partial charge < -0.3 is 10.2 Å². The summed E-state index contributed by atoms with van der Waals surface area (Å²) in [5.41, 5.74) is 2.90. The zero-order valence-electron chi connectivity index (χ0n) is 15.5. The highest BCUT2D eigenvalue weighted by atomic mass is 35.5. The summed E-state index contributed by atoms with van der Waals surface area (Å²) in [6, 6.07) is 14.7. The molecule has 0 spiro atoms. The maximum Gasteiger partial charge on any atom is 0.242 e. The van der Waals surface area contributed by atoms with E-state index in [1.165, 1.54) is 0 Å². The van der Waals surface area contributed by atoms with Gasteiger partial charge in [-0.15, -0.1) is 0 Å². The highest BCUT2D eigenvalue weighted by molar-refractivity contribution is 6.31. The first-order valence-electron chi connectivity index (χ1n) is 8.78. The van der Waals surface area contributed by atoms with Gasteiger partial charge in [-0.25, -0.2) is 0 Å². The van der Waals surface area contributed by atoms with Crippen LogP contribution in [-0.2, 0) is 22.6 Å². The summed E-state index contributed by atoms with van der Waals surface area (Å²) in [6.45, 7) is 6.54. The first-order valence-corrected chi connectivity index (χ1v) is 9.16. The Morgan fingerprint density at radius 3 is 2.38 bits per heavy atom. The van der Waals surface area contributed by atoms with Crippen LogP contribution >= 0.6 is 11.6 Å². The van der Waals surface area contributed by atoms with Crippen molar-refractivity contribution in [3.05, 3.63) is 70.2 Å². The standard InChI is InChI=1S/C21H25ClN2O2/c1-4-23-21(26)16(3)24(14-17-11-9-15(2)10-12-17)20(25)13-18-7-5-6-8-19(18)22/h5-12,16H,4,13-14H2,1-3H3,(H,23,26)/t16-/m0/s1. The molecule has 2 aromatic rings. The van der Waals surface area contributed by atoms with E-state index in [0.717, 1.165) is 16.7 Å². The Morgan fingerprint density at radius 1 is 1.12 bits per heavy atom. The third kappa shape index (κ3) is 5.33. The van der Waals surface area contributed by atoms with Crippen LogP contribution in [0.1, 0.15) is 30.5 Å². The van der Waals surface area contributed by atoms with Gasteiger partial charge in [0, 0.05) is 18.1 Å². The third-order valence-electron chi connectivity index (χ3n) is 4.29. The highest BCUT2D eigenvalue weighted by Crippen LogP contribution is 2.18. The molecule has 0 aliphatic rings. The number of hydrogen-bond donors (Lipinski definition) is 1. The summed E-state index contributed by atoms with van der Waals surface area (Å²) in [6.07, 6.45) is 0.162. The van der Waals surface area contributed by atoms with Crippen LogP contribution in [0.2, 0.25) is 5.02 Å². The Hall–Kier alpha value is -2.33. The number of likely N-dealkylation sites (N-methyl/N-ethyl adjacent to an activating group) is 1. The first kappa shape index (κ1) is 20.0. The molecule has 1 N–H and O–H groups in total. The quantitative estimate of drug-likeness (QED) is 0.804. The lowest BCUT2D eigenvalue weighted by Crippen LogP contribution is -2.48. The van der Waals surface area contributed by atoms with Crippen LogP contribution in [-0.4, -0.2) is 29.3 Å². The fourth-order valence-corrected chi connectivity index (χ4v) is 2.90. The summed E-state index contributed by atoms with van der Waals surface area (Å²) in [4.78, 5) is 26.9. The molecule has 0 fully saturated rings. The van der Waals surface area contributed by atoms with E-state index < -0.39 is 6.04 Å². The fraction of sp³-hybridized carbons (Fsp3) is 0.333. The molecule has 2 rings (SSSR count). The summed E-state index contributed by atoms with van der Waals surface area (Å²) in [5, 5.41) is 3.35. The Labute approximate surface area is 160 Å². The Balaban J connectivity index is 2.23. The SMILES string of the molecule is CCNC(=O)[C@H](C)N(Cc1ccc(C)cc1)C(=O)Cc1ccccc1Cl. The van der Waals surface area contributed by atoms with Crippen molar-refractivity contribution in [2.45, 2.75) is 39.8 Å². The van der Waals surface area contributed by atoms with Crippen LogP contribution < -0.4 is 5.32 Å². The lowest BCUT2D eigenvalue weighted by atomic mass is 10.1. The molecule has 2 amide bonds.